The van der Waals surface area contributed by atoms with Crippen molar-refractivity contribution in [3.05, 3.63) is 29.8 Å². The highest BCUT2D eigenvalue weighted by Crippen LogP contribution is 2.21. The minimum Gasteiger partial charge on any atom is -0.352 e. The summed E-state index contributed by atoms with van der Waals surface area (Å²) in [6.07, 6.45) is 2.94. The summed E-state index contributed by atoms with van der Waals surface area (Å²) >= 11 is 0. The minimum atomic E-state index is -3.55. The van der Waals surface area contributed by atoms with Gasteiger partial charge in [0.1, 0.15) is 6.04 Å². The van der Waals surface area contributed by atoms with Gasteiger partial charge in [-0.15, -0.1) is 0 Å². The number of amides is 1. The summed E-state index contributed by atoms with van der Waals surface area (Å²) in [7, 11) is -3.55. The van der Waals surface area contributed by atoms with E-state index in [0.29, 0.717) is 5.69 Å². The molecular formula is C16H26N2O3S. The van der Waals surface area contributed by atoms with Crippen molar-refractivity contribution < 1.29 is 13.2 Å². The molecule has 1 aromatic carbocycles. The van der Waals surface area contributed by atoms with Crippen molar-refractivity contribution in [2.75, 3.05) is 10.6 Å². The molecule has 0 bridgehead atoms. The molecule has 0 saturated heterocycles. The van der Waals surface area contributed by atoms with Crippen LogP contribution in [0.1, 0.15) is 39.2 Å². The van der Waals surface area contributed by atoms with Crippen LogP contribution in [-0.2, 0) is 14.8 Å². The topological polar surface area (TPSA) is 66.5 Å². The third-order valence-corrected chi connectivity index (χ3v) is 4.73. The van der Waals surface area contributed by atoms with E-state index in [0.717, 1.165) is 24.7 Å². The predicted octanol–water partition coefficient (Wildman–Crippen LogP) is 2.45. The van der Waals surface area contributed by atoms with E-state index in [4.69, 9.17) is 0 Å². The molecule has 1 aromatic rings. The maximum atomic E-state index is 12.3. The van der Waals surface area contributed by atoms with Crippen molar-refractivity contribution >= 4 is 21.6 Å². The zero-order valence-corrected chi connectivity index (χ0v) is 14.8. The Bertz CT molecular complexity index is 596. The predicted molar refractivity (Wildman–Crippen MR) is 90.5 cm³/mol. The van der Waals surface area contributed by atoms with Gasteiger partial charge in [0.25, 0.3) is 0 Å². The van der Waals surface area contributed by atoms with Crippen LogP contribution in [0.3, 0.4) is 0 Å². The number of carbonyl (C=O) groups is 1. The lowest BCUT2D eigenvalue weighted by Crippen LogP contribution is -2.49. The van der Waals surface area contributed by atoms with Crippen molar-refractivity contribution in [2.24, 2.45) is 0 Å². The van der Waals surface area contributed by atoms with Gasteiger partial charge in [0.05, 0.1) is 11.9 Å². The molecule has 1 amide bonds. The molecular weight excluding hydrogens is 300 g/mol. The Labute approximate surface area is 133 Å². The van der Waals surface area contributed by atoms with E-state index in [1.165, 1.54) is 4.31 Å². The van der Waals surface area contributed by atoms with Crippen LogP contribution in [0.4, 0.5) is 5.69 Å². The highest BCUT2D eigenvalue weighted by molar-refractivity contribution is 7.92. The lowest BCUT2D eigenvalue weighted by molar-refractivity contribution is -0.122. The second kappa shape index (κ2) is 7.63. The molecule has 22 heavy (non-hydrogen) atoms. The molecule has 1 rings (SSSR count). The quantitative estimate of drug-likeness (QED) is 0.837. The molecule has 0 aromatic heterocycles. The molecule has 5 nitrogen and oxygen atoms in total. The van der Waals surface area contributed by atoms with E-state index >= 15 is 0 Å². The van der Waals surface area contributed by atoms with Gasteiger partial charge in [0.15, 0.2) is 0 Å². The van der Waals surface area contributed by atoms with Gasteiger partial charge in [-0.1, -0.05) is 31.0 Å². The summed E-state index contributed by atoms with van der Waals surface area (Å²) in [5.41, 5.74) is 1.53. The van der Waals surface area contributed by atoms with E-state index < -0.39 is 16.1 Å². The van der Waals surface area contributed by atoms with Crippen molar-refractivity contribution in [3.63, 3.8) is 0 Å². The van der Waals surface area contributed by atoms with Crippen LogP contribution in [0.5, 0.6) is 0 Å². The van der Waals surface area contributed by atoms with E-state index in [9.17, 15) is 13.2 Å². The monoisotopic (exact) mass is 326 g/mol. The number of nitrogens with one attached hydrogen (secondary N) is 1. The van der Waals surface area contributed by atoms with Gasteiger partial charge in [0.2, 0.25) is 15.9 Å². The highest BCUT2D eigenvalue weighted by atomic mass is 32.2. The largest absolute Gasteiger partial charge is 0.352 e. The number of aryl methyl sites for hydroxylation is 1. The zero-order chi connectivity index (χ0) is 16.9. The van der Waals surface area contributed by atoms with Gasteiger partial charge in [-0.3, -0.25) is 9.10 Å². The Morgan fingerprint density at radius 2 is 1.77 bits per heavy atom. The average Bonchev–Trinajstić information content (AvgIpc) is 2.39. The number of sulfonamides is 1. The highest BCUT2D eigenvalue weighted by Gasteiger charge is 2.29. The van der Waals surface area contributed by atoms with Crippen LogP contribution in [0.2, 0.25) is 0 Å². The molecule has 0 unspecified atom stereocenters. The molecule has 0 radical (unpaired) electrons. The normalized spacial score (nSPS) is 14.2. The third kappa shape index (κ3) is 5.02. The summed E-state index contributed by atoms with van der Waals surface area (Å²) in [5.74, 6) is -0.285. The van der Waals surface area contributed by atoms with Crippen LogP contribution < -0.4 is 9.62 Å². The van der Waals surface area contributed by atoms with Gasteiger partial charge in [0, 0.05) is 6.04 Å². The Morgan fingerprint density at radius 1 is 1.23 bits per heavy atom. The molecule has 124 valence electrons. The van der Waals surface area contributed by atoms with Crippen LogP contribution in [0, 0.1) is 6.92 Å². The summed E-state index contributed by atoms with van der Waals surface area (Å²) in [4.78, 5) is 12.3. The molecule has 0 fully saturated rings. The molecule has 1 N–H and O–H groups in total. The molecule has 0 heterocycles. The molecule has 2 atom stereocenters. The standard InChI is InChI=1S/C16H26N2O3S/c1-6-7-13(3)17-16(19)14(4)18(22(5,20)21)15-10-8-12(2)9-11-15/h8-11,13-14H,6-7H2,1-5H3,(H,17,19)/t13-,14-/m1/s1. The second-order valence-electron chi connectivity index (χ2n) is 5.77. The van der Waals surface area contributed by atoms with Crippen molar-refractivity contribution in [1.82, 2.24) is 5.32 Å². The molecule has 0 aliphatic rings. The van der Waals surface area contributed by atoms with Gasteiger partial charge in [-0.2, -0.15) is 0 Å². The lowest BCUT2D eigenvalue weighted by atomic mass is 10.1. The summed E-state index contributed by atoms with van der Waals surface area (Å²) in [5, 5.41) is 2.87. The van der Waals surface area contributed by atoms with E-state index in [-0.39, 0.29) is 11.9 Å². The van der Waals surface area contributed by atoms with Gasteiger partial charge >= 0.3 is 0 Å². The first-order chi connectivity index (χ1) is 10.2. The van der Waals surface area contributed by atoms with E-state index in [1.54, 1.807) is 19.1 Å². The fraction of sp³-hybridized carbons (Fsp3) is 0.562. The van der Waals surface area contributed by atoms with Crippen LogP contribution >= 0.6 is 0 Å². The zero-order valence-electron chi connectivity index (χ0n) is 14.0. The summed E-state index contributed by atoms with van der Waals surface area (Å²) in [6.45, 7) is 7.50. The Kier molecular flexibility index (Phi) is 6.41. The summed E-state index contributed by atoms with van der Waals surface area (Å²) in [6, 6.07) is 6.33. The third-order valence-electron chi connectivity index (χ3n) is 3.49. The van der Waals surface area contributed by atoms with Crippen molar-refractivity contribution in [1.29, 1.82) is 0 Å². The molecule has 0 aliphatic heterocycles. The van der Waals surface area contributed by atoms with Gasteiger partial charge < -0.3 is 5.32 Å². The molecule has 6 heteroatoms. The second-order valence-corrected chi connectivity index (χ2v) is 7.63. The number of hydrogen-bond donors (Lipinski definition) is 1. The Balaban J connectivity index is 3.02. The van der Waals surface area contributed by atoms with Gasteiger partial charge in [-0.25, -0.2) is 8.42 Å². The fourth-order valence-corrected chi connectivity index (χ4v) is 3.54. The smallest absolute Gasteiger partial charge is 0.243 e. The molecule has 0 spiro atoms. The number of nitrogens with zero attached hydrogens (tertiary/aromatic N) is 1. The Hall–Kier alpha value is -1.56. The number of carbonyl (C=O) groups excluding carboxylic acids is 1. The first-order valence-electron chi connectivity index (χ1n) is 7.53. The first-order valence-corrected chi connectivity index (χ1v) is 9.38. The number of rotatable bonds is 7. The number of anilines is 1. The van der Waals surface area contributed by atoms with Crippen molar-refractivity contribution in [3.8, 4) is 0 Å². The fourth-order valence-electron chi connectivity index (χ4n) is 2.37. The van der Waals surface area contributed by atoms with Gasteiger partial charge in [-0.05, 0) is 39.3 Å². The van der Waals surface area contributed by atoms with Crippen LogP contribution in [-0.4, -0.2) is 32.7 Å². The SMILES string of the molecule is CCC[C@@H](C)NC(=O)[C@@H](C)N(c1ccc(C)cc1)S(C)(=O)=O. The minimum absolute atomic E-state index is 0.0272. The summed E-state index contributed by atoms with van der Waals surface area (Å²) < 4.78 is 25.4. The number of hydrogen-bond acceptors (Lipinski definition) is 3. The van der Waals surface area contributed by atoms with Crippen LogP contribution in [0.15, 0.2) is 24.3 Å². The van der Waals surface area contributed by atoms with Crippen molar-refractivity contribution in [2.45, 2.75) is 52.6 Å². The lowest BCUT2D eigenvalue weighted by Gasteiger charge is -2.29. The Morgan fingerprint density at radius 3 is 2.23 bits per heavy atom. The van der Waals surface area contributed by atoms with Crippen LogP contribution in [0.25, 0.3) is 0 Å². The number of benzene rings is 1. The average molecular weight is 326 g/mol. The molecule has 0 aliphatic carbocycles. The van der Waals surface area contributed by atoms with E-state index in [1.807, 2.05) is 32.9 Å². The maximum Gasteiger partial charge on any atom is 0.243 e. The maximum absolute atomic E-state index is 12.3. The molecule has 0 saturated carbocycles. The van der Waals surface area contributed by atoms with E-state index in [2.05, 4.69) is 5.32 Å². The first kappa shape index (κ1) is 18.5.